The molecule has 0 fully saturated rings. The monoisotopic (exact) mass is 339 g/mol. The van der Waals surface area contributed by atoms with Crippen molar-refractivity contribution < 1.29 is 18.8 Å². The molecular formula is C14H14BrNO4. The zero-order valence-electron chi connectivity index (χ0n) is 10.9. The lowest BCUT2D eigenvalue weighted by molar-refractivity contribution is -0.142. The number of nitrogens with zero attached hydrogens (tertiary/aromatic N) is 1. The van der Waals surface area contributed by atoms with Crippen LogP contribution < -0.4 is 4.74 Å². The zero-order valence-corrected chi connectivity index (χ0v) is 12.5. The molecule has 0 radical (unpaired) electrons. The van der Waals surface area contributed by atoms with Crippen molar-refractivity contribution in [2.45, 2.75) is 18.4 Å². The Labute approximate surface area is 125 Å². The number of carbonyl (C=O) groups excluding carboxylic acids is 1. The van der Waals surface area contributed by atoms with E-state index in [2.05, 4.69) is 21.1 Å². The summed E-state index contributed by atoms with van der Waals surface area (Å²) in [5, 5.41) is 3.76. The summed E-state index contributed by atoms with van der Waals surface area (Å²) < 4.78 is 15.4. The van der Waals surface area contributed by atoms with Gasteiger partial charge in [-0.2, -0.15) is 0 Å². The van der Waals surface area contributed by atoms with Crippen LogP contribution in [0.15, 0.2) is 40.9 Å². The van der Waals surface area contributed by atoms with Crippen molar-refractivity contribution in [3.63, 3.8) is 0 Å². The van der Waals surface area contributed by atoms with Crippen LogP contribution in [0, 0.1) is 0 Å². The molecule has 2 rings (SSSR count). The summed E-state index contributed by atoms with van der Waals surface area (Å²) in [5.74, 6) is 0.266. The number of hydrogen-bond acceptors (Lipinski definition) is 5. The molecular weight excluding hydrogens is 326 g/mol. The maximum Gasteiger partial charge on any atom is 0.327 e. The van der Waals surface area contributed by atoms with Crippen molar-refractivity contribution in [3.05, 3.63) is 47.7 Å². The molecule has 0 aliphatic carbocycles. The minimum atomic E-state index is -0.677. The molecule has 0 saturated carbocycles. The number of aromatic nitrogens is 1. The average Bonchev–Trinajstić information content (AvgIpc) is 2.94. The van der Waals surface area contributed by atoms with Crippen LogP contribution in [0.5, 0.6) is 5.88 Å². The summed E-state index contributed by atoms with van der Waals surface area (Å²) in [6.07, 6.45) is 0. The maximum absolute atomic E-state index is 11.5. The Morgan fingerprint density at radius 3 is 2.85 bits per heavy atom. The van der Waals surface area contributed by atoms with E-state index in [1.54, 1.807) is 13.0 Å². The van der Waals surface area contributed by atoms with Crippen molar-refractivity contribution in [3.8, 4) is 5.88 Å². The lowest BCUT2D eigenvalue weighted by Gasteiger charge is -2.04. The quantitative estimate of drug-likeness (QED) is 0.597. The number of rotatable bonds is 6. The number of esters is 1. The zero-order chi connectivity index (χ0) is 14.4. The predicted molar refractivity (Wildman–Crippen MR) is 75.6 cm³/mol. The van der Waals surface area contributed by atoms with Gasteiger partial charge < -0.3 is 14.0 Å². The first kappa shape index (κ1) is 14.6. The summed E-state index contributed by atoms with van der Waals surface area (Å²) in [4.78, 5) is 10.9. The molecule has 1 atom stereocenters. The van der Waals surface area contributed by atoms with Gasteiger partial charge in [0.25, 0.3) is 5.88 Å². The third kappa shape index (κ3) is 3.84. The van der Waals surface area contributed by atoms with Gasteiger partial charge in [-0.05, 0) is 17.6 Å². The van der Waals surface area contributed by atoms with E-state index < -0.39 is 10.8 Å². The Bertz CT molecular complexity index is 555. The third-order valence-corrected chi connectivity index (χ3v) is 3.30. The first-order valence-corrected chi connectivity index (χ1v) is 7.06. The van der Waals surface area contributed by atoms with Crippen LogP contribution in [0.4, 0.5) is 0 Å². The highest BCUT2D eigenvalue weighted by molar-refractivity contribution is 9.09. The smallest absolute Gasteiger partial charge is 0.327 e. The fraction of sp³-hybridized carbons (Fsp3) is 0.286. The highest BCUT2D eigenvalue weighted by atomic mass is 79.9. The van der Waals surface area contributed by atoms with Crippen molar-refractivity contribution in [1.29, 1.82) is 0 Å². The van der Waals surface area contributed by atoms with E-state index in [0.29, 0.717) is 24.9 Å². The van der Waals surface area contributed by atoms with Crippen molar-refractivity contribution in [2.75, 3.05) is 6.61 Å². The minimum absolute atomic E-state index is 0.312. The fourth-order valence-electron chi connectivity index (χ4n) is 1.52. The number of alkyl halides is 1. The SMILES string of the molecule is CCOC(=O)C(Br)c1cc(OCc2ccccc2)no1. The molecule has 1 unspecified atom stereocenters. The molecule has 2 aromatic rings. The molecule has 20 heavy (non-hydrogen) atoms. The van der Waals surface area contributed by atoms with E-state index >= 15 is 0 Å². The van der Waals surface area contributed by atoms with E-state index in [1.165, 1.54) is 0 Å². The van der Waals surface area contributed by atoms with Gasteiger partial charge >= 0.3 is 5.97 Å². The molecule has 0 spiro atoms. The van der Waals surface area contributed by atoms with Gasteiger partial charge in [0.05, 0.1) is 6.61 Å². The Kier molecular flexibility index (Phi) is 5.17. The largest absolute Gasteiger partial charge is 0.471 e. The van der Waals surface area contributed by atoms with Gasteiger partial charge in [0.15, 0.2) is 10.6 Å². The van der Waals surface area contributed by atoms with Gasteiger partial charge in [-0.15, -0.1) is 0 Å². The van der Waals surface area contributed by atoms with Crippen LogP contribution in [0.3, 0.4) is 0 Å². The molecule has 0 aliphatic rings. The molecule has 1 aromatic carbocycles. The van der Waals surface area contributed by atoms with Crippen molar-refractivity contribution in [1.82, 2.24) is 5.16 Å². The third-order valence-electron chi connectivity index (χ3n) is 2.48. The van der Waals surface area contributed by atoms with Gasteiger partial charge in [-0.3, -0.25) is 4.79 Å². The Balaban J connectivity index is 1.93. The van der Waals surface area contributed by atoms with Gasteiger partial charge in [0, 0.05) is 6.07 Å². The number of hydrogen-bond donors (Lipinski definition) is 0. The standard InChI is InChI=1S/C14H14BrNO4/c1-2-18-14(17)13(15)11-8-12(16-20-11)19-9-10-6-4-3-5-7-10/h3-8,13H,2,9H2,1H3. The molecule has 1 aromatic heterocycles. The highest BCUT2D eigenvalue weighted by Gasteiger charge is 2.23. The van der Waals surface area contributed by atoms with Gasteiger partial charge in [0.1, 0.15) is 6.61 Å². The van der Waals surface area contributed by atoms with Crippen LogP contribution in [0.1, 0.15) is 23.1 Å². The summed E-state index contributed by atoms with van der Waals surface area (Å²) >= 11 is 3.20. The molecule has 0 amide bonds. The van der Waals surface area contributed by atoms with Crippen molar-refractivity contribution >= 4 is 21.9 Å². The predicted octanol–water partition coefficient (Wildman–Crippen LogP) is 3.25. The highest BCUT2D eigenvalue weighted by Crippen LogP contribution is 2.27. The van der Waals surface area contributed by atoms with Crippen molar-refractivity contribution in [2.24, 2.45) is 0 Å². The van der Waals surface area contributed by atoms with Gasteiger partial charge in [0.2, 0.25) is 0 Å². The number of halogens is 1. The topological polar surface area (TPSA) is 61.6 Å². The van der Waals surface area contributed by atoms with Crippen LogP contribution >= 0.6 is 15.9 Å². The average molecular weight is 340 g/mol. The number of benzene rings is 1. The van der Waals surface area contributed by atoms with E-state index in [4.69, 9.17) is 14.0 Å². The molecule has 6 heteroatoms. The summed E-state index contributed by atoms with van der Waals surface area (Å²) in [7, 11) is 0. The van der Waals surface area contributed by atoms with Gasteiger partial charge in [-0.25, -0.2) is 0 Å². The van der Waals surface area contributed by atoms with Gasteiger partial charge in [-0.1, -0.05) is 46.3 Å². The number of ether oxygens (including phenoxy) is 2. The summed E-state index contributed by atoms with van der Waals surface area (Å²) in [6.45, 7) is 2.44. The van der Waals surface area contributed by atoms with E-state index in [9.17, 15) is 4.79 Å². The Morgan fingerprint density at radius 1 is 1.40 bits per heavy atom. The normalized spacial score (nSPS) is 11.9. The van der Waals surface area contributed by atoms with Crippen LogP contribution in [-0.4, -0.2) is 17.7 Å². The number of carbonyl (C=O) groups is 1. The molecule has 0 saturated heterocycles. The summed E-state index contributed by atoms with van der Waals surface area (Å²) in [5.41, 5.74) is 1.03. The second-order valence-electron chi connectivity index (χ2n) is 3.96. The van der Waals surface area contributed by atoms with E-state index in [1.807, 2.05) is 30.3 Å². The molecule has 5 nitrogen and oxygen atoms in total. The Morgan fingerprint density at radius 2 is 2.15 bits per heavy atom. The molecule has 0 bridgehead atoms. The fourth-order valence-corrected chi connectivity index (χ4v) is 1.87. The lowest BCUT2D eigenvalue weighted by Crippen LogP contribution is -2.09. The van der Waals surface area contributed by atoms with Crippen LogP contribution in [0.25, 0.3) is 0 Å². The minimum Gasteiger partial charge on any atom is -0.471 e. The summed E-state index contributed by atoms with van der Waals surface area (Å²) in [6, 6.07) is 11.3. The Hall–Kier alpha value is -1.82. The molecule has 106 valence electrons. The second-order valence-corrected chi connectivity index (χ2v) is 4.87. The first-order valence-electron chi connectivity index (χ1n) is 6.14. The molecule has 1 heterocycles. The molecule has 0 aliphatic heterocycles. The first-order chi connectivity index (χ1) is 9.70. The maximum atomic E-state index is 11.5. The van der Waals surface area contributed by atoms with Crippen LogP contribution in [0.2, 0.25) is 0 Å². The molecule has 0 N–H and O–H groups in total. The van der Waals surface area contributed by atoms with E-state index in [0.717, 1.165) is 5.56 Å². The van der Waals surface area contributed by atoms with Crippen LogP contribution in [-0.2, 0) is 16.1 Å². The van der Waals surface area contributed by atoms with E-state index in [-0.39, 0.29) is 0 Å². The second kappa shape index (κ2) is 7.09. The lowest BCUT2D eigenvalue weighted by atomic mass is 10.2.